The molecule has 1 saturated heterocycles. The van der Waals surface area contributed by atoms with E-state index in [0.29, 0.717) is 6.04 Å². The number of halogens is 1. The molecule has 0 radical (unpaired) electrons. The molecule has 1 aliphatic rings. The molecule has 1 aliphatic heterocycles. The van der Waals surface area contributed by atoms with Crippen molar-refractivity contribution < 1.29 is 4.79 Å². The quantitative estimate of drug-likeness (QED) is 0.698. The Bertz CT molecular complexity index is 915. The second-order valence-electron chi connectivity index (χ2n) is 6.81. The molecule has 0 spiro atoms. The van der Waals surface area contributed by atoms with Crippen LogP contribution in [0.1, 0.15) is 35.1 Å². The van der Waals surface area contributed by atoms with Crippen LogP contribution in [0.4, 0.5) is 0 Å². The van der Waals surface area contributed by atoms with E-state index in [9.17, 15) is 4.79 Å². The predicted octanol–water partition coefficient (Wildman–Crippen LogP) is 4.03. The summed E-state index contributed by atoms with van der Waals surface area (Å²) in [6.45, 7) is 6.84. The average Bonchev–Trinajstić information content (AvgIpc) is 3.38. The molecular formula is C20H25ClN4OS. The minimum atomic E-state index is 0. The fourth-order valence-corrected chi connectivity index (χ4v) is 4.77. The third kappa shape index (κ3) is 3.74. The van der Waals surface area contributed by atoms with Crippen LogP contribution in [0, 0.1) is 6.92 Å². The number of thiophene rings is 1. The fraction of sp³-hybridized carbons (Fsp3) is 0.400. The molecule has 7 heteroatoms. The molecule has 1 atom stereocenters. The largest absolute Gasteiger partial charge is 0.334 e. The average molecular weight is 405 g/mol. The number of benzene rings is 1. The lowest BCUT2D eigenvalue weighted by molar-refractivity contribution is 0.0697. The molecule has 1 N–H and O–H groups in total. The number of fused-ring (bicyclic) bond motifs is 1. The lowest BCUT2D eigenvalue weighted by Crippen LogP contribution is -2.41. The van der Waals surface area contributed by atoms with Crippen LogP contribution in [0.25, 0.3) is 15.9 Å². The molecule has 2 aromatic heterocycles. The number of nitrogens with one attached hydrogen (secondary N) is 1. The molecule has 5 nitrogen and oxygen atoms in total. The SMILES string of the molecule is CCCN(C(=O)c1cc2c(C)nn(-c3ccccc3)c2s1)C1CCNC1.Cl. The summed E-state index contributed by atoms with van der Waals surface area (Å²) in [7, 11) is 0. The Balaban J connectivity index is 0.00000210. The third-order valence-electron chi connectivity index (χ3n) is 4.96. The number of hydrogen-bond donors (Lipinski definition) is 1. The van der Waals surface area contributed by atoms with Gasteiger partial charge in [0.2, 0.25) is 0 Å². The van der Waals surface area contributed by atoms with Crippen LogP contribution in [0.3, 0.4) is 0 Å². The summed E-state index contributed by atoms with van der Waals surface area (Å²) >= 11 is 1.55. The standard InChI is InChI=1S/C20H24N4OS.ClH/c1-3-11-23(16-9-10-21-13-16)19(25)18-12-17-14(2)22-24(20(17)26-18)15-7-5-4-6-8-15;/h4-8,12,16,21H,3,9-11,13H2,1-2H3;1H. The number of aromatic nitrogens is 2. The highest BCUT2D eigenvalue weighted by molar-refractivity contribution is 7.20. The third-order valence-corrected chi connectivity index (χ3v) is 6.06. The summed E-state index contributed by atoms with van der Waals surface area (Å²) in [5.41, 5.74) is 1.99. The Morgan fingerprint density at radius 1 is 1.37 bits per heavy atom. The number of amides is 1. The van der Waals surface area contributed by atoms with Gasteiger partial charge in [0.1, 0.15) is 4.83 Å². The van der Waals surface area contributed by atoms with E-state index in [2.05, 4.69) is 22.2 Å². The number of carbonyl (C=O) groups excluding carboxylic acids is 1. The smallest absolute Gasteiger partial charge is 0.264 e. The highest BCUT2D eigenvalue weighted by Gasteiger charge is 2.28. The molecule has 4 rings (SSSR count). The number of aryl methyl sites for hydroxylation is 1. The van der Waals surface area contributed by atoms with Crippen LogP contribution in [0.5, 0.6) is 0 Å². The van der Waals surface area contributed by atoms with Gasteiger partial charge >= 0.3 is 0 Å². The number of rotatable bonds is 5. The first-order valence-corrected chi connectivity index (χ1v) is 10.1. The summed E-state index contributed by atoms with van der Waals surface area (Å²) < 4.78 is 1.95. The van der Waals surface area contributed by atoms with E-state index in [4.69, 9.17) is 0 Å². The van der Waals surface area contributed by atoms with Gasteiger partial charge < -0.3 is 10.2 Å². The summed E-state index contributed by atoms with van der Waals surface area (Å²) in [6, 6.07) is 12.4. The van der Waals surface area contributed by atoms with Gasteiger partial charge in [-0.05, 0) is 44.5 Å². The minimum absolute atomic E-state index is 0. The molecule has 0 aliphatic carbocycles. The Morgan fingerprint density at radius 3 is 2.81 bits per heavy atom. The first-order chi connectivity index (χ1) is 12.7. The zero-order valence-electron chi connectivity index (χ0n) is 15.6. The molecule has 1 amide bonds. The molecular weight excluding hydrogens is 380 g/mol. The fourth-order valence-electron chi connectivity index (χ4n) is 3.63. The second kappa shape index (κ2) is 8.42. The van der Waals surface area contributed by atoms with E-state index < -0.39 is 0 Å². The van der Waals surface area contributed by atoms with E-state index in [1.807, 2.05) is 48.0 Å². The van der Waals surface area contributed by atoms with Gasteiger partial charge in [-0.2, -0.15) is 5.10 Å². The maximum atomic E-state index is 13.2. The molecule has 0 saturated carbocycles. The molecule has 1 unspecified atom stereocenters. The number of hydrogen-bond acceptors (Lipinski definition) is 4. The Hall–Kier alpha value is -1.89. The molecule has 1 fully saturated rings. The van der Waals surface area contributed by atoms with Gasteiger partial charge in [-0.3, -0.25) is 4.79 Å². The normalized spacial score (nSPS) is 16.4. The molecule has 27 heavy (non-hydrogen) atoms. The predicted molar refractivity (Wildman–Crippen MR) is 114 cm³/mol. The highest BCUT2D eigenvalue weighted by Crippen LogP contribution is 2.31. The maximum absolute atomic E-state index is 13.2. The van der Waals surface area contributed by atoms with Crippen LogP contribution in [0.15, 0.2) is 36.4 Å². The van der Waals surface area contributed by atoms with Crippen LogP contribution in [0.2, 0.25) is 0 Å². The van der Waals surface area contributed by atoms with E-state index in [1.165, 1.54) is 0 Å². The first kappa shape index (κ1) is 19.9. The van der Waals surface area contributed by atoms with Gasteiger partial charge in [0.25, 0.3) is 5.91 Å². The van der Waals surface area contributed by atoms with Crippen molar-refractivity contribution in [1.82, 2.24) is 20.0 Å². The highest BCUT2D eigenvalue weighted by atomic mass is 35.5. The zero-order chi connectivity index (χ0) is 18.1. The molecule has 3 aromatic rings. The summed E-state index contributed by atoms with van der Waals surface area (Å²) in [5.74, 6) is 0.153. The summed E-state index contributed by atoms with van der Waals surface area (Å²) in [5, 5.41) is 9.12. The van der Waals surface area contributed by atoms with Gasteiger partial charge in [-0.1, -0.05) is 25.1 Å². The van der Waals surface area contributed by atoms with Gasteiger partial charge in [-0.15, -0.1) is 23.7 Å². The monoisotopic (exact) mass is 404 g/mol. The molecule has 3 heterocycles. The zero-order valence-corrected chi connectivity index (χ0v) is 17.3. The van der Waals surface area contributed by atoms with Gasteiger partial charge in [0, 0.05) is 24.5 Å². The first-order valence-electron chi connectivity index (χ1n) is 9.25. The topological polar surface area (TPSA) is 50.2 Å². The molecule has 1 aromatic carbocycles. The number of para-hydroxylation sites is 1. The maximum Gasteiger partial charge on any atom is 0.264 e. The van der Waals surface area contributed by atoms with Crippen molar-refractivity contribution in [2.24, 2.45) is 0 Å². The van der Waals surface area contributed by atoms with Crippen molar-refractivity contribution in [2.75, 3.05) is 19.6 Å². The van der Waals surface area contributed by atoms with Crippen LogP contribution in [-0.2, 0) is 0 Å². The number of carbonyl (C=O) groups is 1. The summed E-state index contributed by atoms with van der Waals surface area (Å²) in [6.07, 6.45) is 2.01. The van der Waals surface area contributed by atoms with Crippen molar-refractivity contribution in [3.63, 3.8) is 0 Å². The van der Waals surface area contributed by atoms with Crippen molar-refractivity contribution >= 4 is 39.9 Å². The van der Waals surface area contributed by atoms with Crippen molar-refractivity contribution in [3.8, 4) is 5.69 Å². The van der Waals surface area contributed by atoms with Crippen LogP contribution < -0.4 is 5.32 Å². The lowest BCUT2D eigenvalue weighted by atomic mass is 10.2. The molecule has 144 valence electrons. The minimum Gasteiger partial charge on any atom is -0.334 e. The van der Waals surface area contributed by atoms with Crippen LogP contribution in [-0.4, -0.2) is 46.3 Å². The van der Waals surface area contributed by atoms with Crippen molar-refractivity contribution in [1.29, 1.82) is 0 Å². The van der Waals surface area contributed by atoms with Crippen molar-refractivity contribution in [2.45, 2.75) is 32.7 Å². The van der Waals surface area contributed by atoms with Gasteiger partial charge in [0.15, 0.2) is 0 Å². The van der Waals surface area contributed by atoms with Crippen molar-refractivity contribution in [3.05, 3.63) is 47.0 Å². The lowest BCUT2D eigenvalue weighted by Gasteiger charge is -2.27. The second-order valence-corrected chi connectivity index (χ2v) is 7.84. The van der Waals surface area contributed by atoms with Crippen LogP contribution >= 0.6 is 23.7 Å². The van der Waals surface area contributed by atoms with E-state index in [0.717, 1.165) is 59.0 Å². The van der Waals surface area contributed by atoms with Gasteiger partial charge in [-0.25, -0.2) is 4.68 Å². The molecule has 0 bridgehead atoms. The number of nitrogens with zero attached hydrogens (tertiary/aromatic N) is 3. The Kier molecular flexibility index (Phi) is 6.19. The Morgan fingerprint density at radius 2 is 2.15 bits per heavy atom. The Labute approximate surface area is 169 Å². The van der Waals surface area contributed by atoms with E-state index in [1.54, 1.807) is 11.3 Å². The van der Waals surface area contributed by atoms with E-state index in [-0.39, 0.29) is 18.3 Å². The van der Waals surface area contributed by atoms with Gasteiger partial charge in [0.05, 0.1) is 16.3 Å². The van der Waals surface area contributed by atoms with E-state index >= 15 is 0 Å². The summed E-state index contributed by atoms with van der Waals surface area (Å²) in [4.78, 5) is 17.1.